The monoisotopic (exact) mass is 426 g/mol. The SMILES string of the molecule is O=P(Cl)(Cl)[P+](Cl)=NP(OCC(F)(F)F)OCC(F)(F)F. The molecule has 4 nitrogen and oxygen atoms in total. The van der Waals surface area contributed by atoms with E-state index in [1.807, 2.05) is 0 Å². The summed E-state index contributed by atoms with van der Waals surface area (Å²) in [5, 5.41) is 0. The molecule has 0 bridgehead atoms. The van der Waals surface area contributed by atoms with Gasteiger partial charge in [0.15, 0.2) is 24.5 Å². The van der Waals surface area contributed by atoms with E-state index in [1.54, 1.807) is 0 Å². The largest absolute Gasteiger partial charge is 0.474 e. The first-order valence-corrected chi connectivity index (χ1v) is 11.6. The second kappa shape index (κ2) is 8.11. The van der Waals surface area contributed by atoms with E-state index in [1.165, 1.54) is 0 Å². The molecule has 0 aromatic rings. The molecule has 0 fully saturated rings. The van der Waals surface area contributed by atoms with Gasteiger partial charge in [-0.1, -0.05) is 0 Å². The van der Waals surface area contributed by atoms with Gasteiger partial charge in [0.25, 0.3) is 0 Å². The quantitative estimate of drug-likeness (QED) is 0.347. The molecule has 0 saturated carbocycles. The van der Waals surface area contributed by atoms with Gasteiger partial charge in [-0.25, -0.2) is 4.57 Å². The minimum absolute atomic E-state index is 1.92. The van der Waals surface area contributed by atoms with Gasteiger partial charge in [0.1, 0.15) is 0 Å². The molecule has 0 aromatic carbocycles. The fourth-order valence-corrected chi connectivity index (χ4v) is 5.86. The van der Waals surface area contributed by atoms with Crippen molar-refractivity contribution in [2.45, 2.75) is 12.4 Å². The molecule has 16 heteroatoms. The van der Waals surface area contributed by atoms with Gasteiger partial charge in [-0.05, 0) is 4.52 Å². The molecule has 0 N–H and O–H groups in total. The number of alkyl halides is 6. The van der Waals surface area contributed by atoms with Crippen molar-refractivity contribution in [1.82, 2.24) is 0 Å². The van der Waals surface area contributed by atoms with E-state index in [4.69, 9.17) is 33.7 Å². The van der Waals surface area contributed by atoms with Crippen LogP contribution in [-0.4, -0.2) is 25.6 Å². The molecule has 0 rings (SSSR count). The van der Waals surface area contributed by atoms with Crippen LogP contribution < -0.4 is 0 Å². The van der Waals surface area contributed by atoms with Crippen molar-refractivity contribution in [2.24, 2.45) is 4.52 Å². The highest BCUT2D eigenvalue weighted by atomic mass is 35.9. The van der Waals surface area contributed by atoms with Crippen molar-refractivity contribution >= 4 is 54.5 Å². The van der Waals surface area contributed by atoms with E-state index in [9.17, 15) is 30.9 Å². The van der Waals surface area contributed by atoms with Crippen molar-refractivity contribution in [3.05, 3.63) is 0 Å². The van der Waals surface area contributed by atoms with Crippen LogP contribution in [0.25, 0.3) is 0 Å². The number of nitrogens with zero attached hydrogens (tertiary/aromatic N) is 1. The maximum Gasteiger partial charge on any atom is 0.474 e. The second-order valence-corrected chi connectivity index (χ2v) is 15.1. The molecule has 0 aliphatic carbocycles. The highest BCUT2D eigenvalue weighted by molar-refractivity contribution is 8.57. The van der Waals surface area contributed by atoms with Crippen LogP contribution in [0.15, 0.2) is 4.52 Å². The molecule has 0 aliphatic rings. The molecule has 20 heavy (non-hydrogen) atoms. The van der Waals surface area contributed by atoms with Crippen LogP contribution in [0.1, 0.15) is 0 Å². The van der Waals surface area contributed by atoms with Gasteiger partial charge in [0, 0.05) is 22.5 Å². The number of hydrogen-bond donors (Lipinski definition) is 0. The summed E-state index contributed by atoms with van der Waals surface area (Å²) in [5.74, 6) is 0. The normalized spacial score (nSPS) is 15.0. The fraction of sp³-hybridized carbons (Fsp3) is 1.00. The van der Waals surface area contributed by atoms with E-state index in [0.29, 0.717) is 0 Å². The second-order valence-electron chi connectivity index (χ2n) is 2.78. The van der Waals surface area contributed by atoms with Crippen molar-refractivity contribution in [3.8, 4) is 0 Å². The summed E-state index contributed by atoms with van der Waals surface area (Å²) >= 11 is 15.5. The molecule has 0 aromatic heterocycles. The first-order chi connectivity index (χ1) is 8.71. The lowest BCUT2D eigenvalue weighted by atomic mass is 10.7. The van der Waals surface area contributed by atoms with Crippen LogP contribution in [0, 0.1) is 0 Å². The molecule has 0 radical (unpaired) electrons. The molecule has 1 atom stereocenters. The lowest BCUT2D eigenvalue weighted by Crippen LogP contribution is -2.18. The predicted octanol–water partition coefficient (Wildman–Crippen LogP) is 6.78. The van der Waals surface area contributed by atoms with Crippen molar-refractivity contribution in [3.63, 3.8) is 0 Å². The zero-order chi connectivity index (χ0) is 16.2. The highest BCUT2D eigenvalue weighted by Gasteiger charge is 2.41. The van der Waals surface area contributed by atoms with E-state index >= 15 is 0 Å². The Bertz CT molecular complexity index is 379. The maximum atomic E-state index is 11.9. The zero-order valence-electron chi connectivity index (χ0n) is 8.83. The third kappa shape index (κ3) is 11.8. The van der Waals surface area contributed by atoms with E-state index in [2.05, 4.69) is 13.6 Å². The van der Waals surface area contributed by atoms with Gasteiger partial charge < -0.3 is 9.05 Å². The molecule has 120 valence electrons. The fourth-order valence-electron chi connectivity index (χ4n) is 0.453. The Kier molecular flexibility index (Phi) is 8.57. The smallest absolute Gasteiger partial charge is 0.304 e. The summed E-state index contributed by atoms with van der Waals surface area (Å²) in [6, 6.07) is 0. The summed E-state index contributed by atoms with van der Waals surface area (Å²) in [7, 11) is -3.05. The van der Waals surface area contributed by atoms with Crippen LogP contribution in [-0.2, 0) is 13.6 Å². The Morgan fingerprint density at radius 3 is 1.65 bits per heavy atom. The van der Waals surface area contributed by atoms with Gasteiger partial charge in [-0.3, -0.25) is 0 Å². The highest BCUT2D eigenvalue weighted by Crippen LogP contribution is 2.82. The summed E-state index contributed by atoms with van der Waals surface area (Å²) < 4.78 is 93.5. The van der Waals surface area contributed by atoms with E-state index < -0.39 is 46.4 Å². The molecular formula is C4H4Cl3F6NO3P3+. The third-order valence-electron chi connectivity index (χ3n) is 1.02. The van der Waals surface area contributed by atoms with Gasteiger partial charge in [0.05, 0.1) is 0 Å². The molecule has 0 amide bonds. The van der Waals surface area contributed by atoms with Crippen LogP contribution in [0.2, 0.25) is 0 Å². The van der Waals surface area contributed by atoms with Gasteiger partial charge in [-0.2, -0.15) is 26.3 Å². The number of halogens is 9. The van der Waals surface area contributed by atoms with Crippen molar-refractivity contribution in [1.29, 1.82) is 0 Å². The minimum atomic E-state index is -4.82. The first-order valence-electron chi connectivity index (χ1n) is 4.07. The Morgan fingerprint density at radius 2 is 1.40 bits per heavy atom. The topological polar surface area (TPSA) is 47.9 Å². The van der Waals surface area contributed by atoms with Gasteiger partial charge in [-0.15, -0.1) is 0 Å². The summed E-state index contributed by atoms with van der Waals surface area (Å²) in [6.45, 7) is -6.47. The molecule has 0 aliphatic heterocycles. The Hall–Kier alpha value is 1.13. The Balaban J connectivity index is 4.84. The average molecular weight is 427 g/mol. The molecule has 0 spiro atoms. The lowest BCUT2D eigenvalue weighted by Gasteiger charge is -2.13. The summed E-state index contributed by atoms with van der Waals surface area (Å²) in [4.78, 5) is 0. The summed E-state index contributed by atoms with van der Waals surface area (Å²) in [6.07, 6.45) is -9.64. The number of rotatable bonds is 6. The summed E-state index contributed by atoms with van der Waals surface area (Å²) in [5.41, 5.74) is -4.04. The third-order valence-corrected chi connectivity index (χ3v) is 11.6. The average Bonchev–Trinajstić information content (AvgIpc) is 2.17. The molecule has 0 saturated heterocycles. The van der Waals surface area contributed by atoms with Gasteiger partial charge >= 0.3 is 33.2 Å². The zero-order valence-corrected chi connectivity index (χ0v) is 13.8. The van der Waals surface area contributed by atoms with Crippen molar-refractivity contribution < 1.29 is 40.0 Å². The Labute approximate surface area is 125 Å². The van der Waals surface area contributed by atoms with Crippen LogP contribution in [0.3, 0.4) is 0 Å². The van der Waals surface area contributed by atoms with Crippen molar-refractivity contribution in [2.75, 3.05) is 13.2 Å². The number of hydrogen-bond acceptors (Lipinski definition) is 4. The van der Waals surface area contributed by atoms with Crippen LogP contribution in [0.5, 0.6) is 0 Å². The Morgan fingerprint density at radius 1 is 1.05 bits per heavy atom. The van der Waals surface area contributed by atoms with E-state index in [0.717, 1.165) is 0 Å². The molecular weight excluding hydrogens is 423 g/mol. The first kappa shape index (κ1) is 21.1. The standard InChI is InChI=1S/C4H4Cl3F6NO3P3/c5-18(20(6,7)15)14-19(16-1-3(8,9)10)17-2-4(11,12)13/h1-2H2/q+1. The minimum Gasteiger partial charge on any atom is -0.304 e. The molecule has 1 unspecified atom stereocenters. The van der Waals surface area contributed by atoms with E-state index in [-0.39, 0.29) is 0 Å². The van der Waals surface area contributed by atoms with Gasteiger partial charge in [0.2, 0.25) is 0 Å². The predicted molar refractivity (Wildman–Crippen MR) is 65.4 cm³/mol. The van der Waals surface area contributed by atoms with Crippen LogP contribution in [0.4, 0.5) is 26.3 Å². The van der Waals surface area contributed by atoms with Crippen LogP contribution >= 0.6 is 54.5 Å². The lowest BCUT2D eigenvalue weighted by molar-refractivity contribution is -0.162. The molecule has 0 heterocycles. The maximum absolute atomic E-state index is 11.9.